The molecule has 0 bridgehead atoms. The summed E-state index contributed by atoms with van der Waals surface area (Å²) in [6, 6.07) is 0. The maximum atomic E-state index is 11.3. The van der Waals surface area contributed by atoms with Gasteiger partial charge in [0, 0.05) is 19.3 Å². The fraction of sp³-hybridized carbons (Fsp3) is 0.824. The zero-order chi connectivity index (χ0) is 41.9. The van der Waals surface area contributed by atoms with E-state index in [0.29, 0.717) is 112 Å². The van der Waals surface area contributed by atoms with Gasteiger partial charge < -0.3 is 30.6 Å². The minimum Gasteiger partial charge on any atom is -0.481 e. The summed E-state index contributed by atoms with van der Waals surface area (Å²) in [7, 11) is 0. The van der Waals surface area contributed by atoms with Gasteiger partial charge in [-0.05, 0) is 112 Å². The fourth-order valence-electron chi connectivity index (χ4n) is 5.28. The Kier molecular flexibility index (Phi) is 41.8. The Bertz CT molecular complexity index is 884. The van der Waals surface area contributed by atoms with E-state index in [4.69, 9.17) is 15.3 Å². The van der Waals surface area contributed by atoms with E-state index < -0.39 is 52.1 Å². The Labute approximate surface area is 362 Å². The first-order valence-corrected chi connectivity index (χ1v) is 23.3. The van der Waals surface area contributed by atoms with Crippen LogP contribution in [0.5, 0.6) is 0 Å². The molecule has 0 rings (SSSR count). The number of hydrogen-bond acceptors (Lipinski definition) is 12. The SMILES string of the molecule is CCC[CH2][Sn].O=C(O)CCCC(CCS)(CCS)C(=O)O.O=C(O)CCCC(CCS)(CCS)C(=O)O.O=C(O)CCCC(CCS)(CCS)C(=O)O. The molecule has 0 amide bonds. The summed E-state index contributed by atoms with van der Waals surface area (Å²) in [6.07, 6.45) is 7.77. The van der Waals surface area contributed by atoms with Gasteiger partial charge in [0.25, 0.3) is 0 Å². The molecular weight excluding hydrogens is 911 g/mol. The van der Waals surface area contributed by atoms with Gasteiger partial charge in [-0.15, -0.1) is 0 Å². The maximum Gasteiger partial charge on any atom is 0.309 e. The van der Waals surface area contributed by atoms with E-state index >= 15 is 0 Å². The maximum absolute atomic E-state index is 11.3. The Morgan fingerprint density at radius 1 is 0.415 bits per heavy atom. The Balaban J connectivity index is -0.000000318. The topological polar surface area (TPSA) is 224 Å². The van der Waals surface area contributed by atoms with Crippen LogP contribution in [-0.2, 0) is 28.8 Å². The molecule has 311 valence electrons. The third-order valence-electron chi connectivity index (χ3n) is 8.57. The molecule has 0 unspecified atom stereocenters. The number of carbonyl (C=O) groups is 6. The van der Waals surface area contributed by atoms with Crippen LogP contribution in [-0.4, -0.2) is 123 Å². The van der Waals surface area contributed by atoms with E-state index in [1.54, 1.807) is 22.5 Å². The van der Waals surface area contributed by atoms with Gasteiger partial charge in [-0.25, -0.2) is 0 Å². The summed E-state index contributed by atoms with van der Waals surface area (Å²) in [4.78, 5) is 65.0. The largest absolute Gasteiger partial charge is 0.481 e. The third-order valence-corrected chi connectivity index (χ3v) is 10.9. The first-order chi connectivity index (χ1) is 24.9. The molecule has 19 heteroatoms. The smallest absolute Gasteiger partial charge is 0.309 e. The summed E-state index contributed by atoms with van der Waals surface area (Å²) in [5.74, 6) is -2.42. The van der Waals surface area contributed by atoms with Crippen LogP contribution < -0.4 is 0 Å². The Morgan fingerprint density at radius 3 is 0.717 bits per heavy atom. The van der Waals surface area contributed by atoms with Gasteiger partial charge in [0.15, 0.2) is 0 Å². The molecule has 0 fully saturated rings. The van der Waals surface area contributed by atoms with E-state index in [-0.39, 0.29) is 19.3 Å². The molecule has 0 saturated heterocycles. The summed E-state index contributed by atoms with van der Waals surface area (Å²) < 4.78 is 1.43. The van der Waals surface area contributed by atoms with Crippen LogP contribution >= 0.6 is 75.8 Å². The van der Waals surface area contributed by atoms with Crippen LogP contribution in [0.2, 0.25) is 4.44 Å². The molecule has 0 aliphatic rings. The number of hydrogen-bond donors (Lipinski definition) is 12. The standard InChI is InChI=1S/3C10H18O4S2.C4H9.Sn/c3*11-8(12)2-1-3-10(4-6-15,5-7-16)9(13)14;1-3-4-2;/h3*15-16H,1-7H2,(H,11,12)(H,13,14);1,3-4H2,2H3;. The van der Waals surface area contributed by atoms with Gasteiger partial charge >= 0.3 is 82.5 Å². The fourth-order valence-corrected chi connectivity index (χ4v) is 8.86. The molecule has 0 atom stereocenters. The van der Waals surface area contributed by atoms with Gasteiger partial charge in [-0.3, -0.25) is 28.8 Å². The van der Waals surface area contributed by atoms with E-state index in [1.807, 2.05) is 0 Å². The van der Waals surface area contributed by atoms with E-state index in [2.05, 4.69) is 82.7 Å². The van der Waals surface area contributed by atoms with Crippen LogP contribution in [0.15, 0.2) is 0 Å². The molecule has 0 aliphatic carbocycles. The molecule has 0 heterocycles. The number of carboxylic acid groups (broad SMARTS) is 6. The van der Waals surface area contributed by atoms with Crippen molar-refractivity contribution in [2.45, 2.75) is 121 Å². The Morgan fingerprint density at radius 2 is 0.623 bits per heavy atom. The van der Waals surface area contributed by atoms with Crippen molar-refractivity contribution in [1.82, 2.24) is 0 Å². The Hall–Kier alpha value is -0.281. The second kappa shape index (κ2) is 37.3. The van der Waals surface area contributed by atoms with E-state index in [1.165, 1.54) is 17.3 Å². The first kappa shape index (κ1) is 59.4. The van der Waals surface area contributed by atoms with Crippen molar-refractivity contribution < 1.29 is 59.4 Å². The second-order valence-electron chi connectivity index (χ2n) is 12.4. The van der Waals surface area contributed by atoms with E-state index in [0.717, 1.165) is 0 Å². The van der Waals surface area contributed by atoms with Crippen LogP contribution in [0.1, 0.15) is 116 Å². The predicted octanol–water partition coefficient (Wildman–Crippen LogP) is 7.23. The minimum absolute atomic E-state index is 0.00811. The number of rotatable bonds is 29. The van der Waals surface area contributed by atoms with Crippen molar-refractivity contribution >= 4 is 134 Å². The van der Waals surface area contributed by atoms with Gasteiger partial charge in [0.1, 0.15) is 0 Å². The number of thiol groups is 6. The summed E-state index contributed by atoms with van der Waals surface area (Å²) in [5.41, 5.74) is -2.59. The first-order valence-electron chi connectivity index (χ1n) is 17.5. The van der Waals surface area contributed by atoms with Gasteiger partial charge in [-0.2, -0.15) is 75.8 Å². The van der Waals surface area contributed by atoms with Crippen LogP contribution in [0.25, 0.3) is 0 Å². The molecule has 0 aromatic carbocycles. The molecule has 0 saturated carbocycles. The van der Waals surface area contributed by atoms with Crippen molar-refractivity contribution in [3.8, 4) is 0 Å². The molecular formula is C34H63O12S6Sn. The van der Waals surface area contributed by atoms with Crippen LogP contribution in [0, 0.1) is 16.2 Å². The van der Waals surface area contributed by atoms with Crippen molar-refractivity contribution in [3.05, 3.63) is 0 Å². The molecule has 53 heavy (non-hydrogen) atoms. The number of aliphatic carboxylic acids is 6. The van der Waals surface area contributed by atoms with Crippen LogP contribution in [0.3, 0.4) is 0 Å². The minimum atomic E-state index is -0.893. The molecule has 12 nitrogen and oxygen atoms in total. The van der Waals surface area contributed by atoms with Gasteiger partial charge in [0.05, 0.1) is 16.2 Å². The number of unbranched alkanes of at least 4 members (excludes halogenated alkanes) is 1. The average Bonchev–Trinajstić information content (AvgIpc) is 3.05. The molecule has 0 aromatic rings. The molecule has 0 spiro atoms. The molecule has 0 aliphatic heterocycles. The van der Waals surface area contributed by atoms with Crippen LogP contribution in [0.4, 0.5) is 0 Å². The van der Waals surface area contributed by atoms with Crippen molar-refractivity contribution in [3.63, 3.8) is 0 Å². The second-order valence-corrected chi connectivity index (χ2v) is 16.6. The normalized spacial score (nSPS) is 11.1. The van der Waals surface area contributed by atoms with Crippen molar-refractivity contribution in [1.29, 1.82) is 0 Å². The summed E-state index contributed by atoms with van der Waals surface area (Å²) >= 11 is 26.0. The average molecular weight is 975 g/mol. The molecule has 6 N–H and O–H groups in total. The summed E-state index contributed by atoms with van der Waals surface area (Å²) in [5, 5.41) is 53.3. The van der Waals surface area contributed by atoms with Gasteiger partial charge in [-0.1, -0.05) is 0 Å². The zero-order valence-electron chi connectivity index (χ0n) is 30.8. The quantitative estimate of drug-likeness (QED) is 0.0264. The monoisotopic (exact) mass is 975 g/mol. The van der Waals surface area contributed by atoms with Gasteiger partial charge in [0.2, 0.25) is 0 Å². The summed E-state index contributed by atoms with van der Waals surface area (Å²) in [6.45, 7) is 2.23. The van der Waals surface area contributed by atoms with E-state index in [9.17, 15) is 44.1 Å². The molecule has 0 aromatic heterocycles. The third kappa shape index (κ3) is 30.5. The zero-order valence-corrected chi connectivity index (χ0v) is 39.0. The predicted molar refractivity (Wildman–Crippen MR) is 231 cm³/mol. The van der Waals surface area contributed by atoms with Crippen molar-refractivity contribution in [2.24, 2.45) is 16.2 Å². The number of carboxylic acids is 6. The van der Waals surface area contributed by atoms with Crippen molar-refractivity contribution in [2.75, 3.05) is 34.5 Å². The molecule has 3 radical (unpaired) electrons.